The van der Waals surface area contributed by atoms with E-state index in [-0.39, 0.29) is 0 Å². The van der Waals surface area contributed by atoms with E-state index in [9.17, 15) is 0 Å². The smallest absolute Gasteiger partial charge is 0.0371 e. The van der Waals surface area contributed by atoms with Gasteiger partial charge in [0.25, 0.3) is 0 Å². The predicted molar refractivity (Wildman–Crippen MR) is 81.7 cm³/mol. The van der Waals surface area contributed by atoms with Crippen LogP contribution in [0, 0.1) is 0 Å². The summed E-state index contributed by atoms with van der Waals surface area (Å²) in [4.78, 5) is 2.72. The number of hydrogen-bond donors (Lipinski definition) is 1. The van der Waals surface area contributed by atoms with Gasteiger partial charge in [-0.2, -0.15) is 0 Å². The topological polar surface area (TPSA) is 15.3 Å². The maximum absolute atomic E-state index is 3.75. The molecule has 0 aliphatic carbocycles. The lowest BCUT2D eigenvalue weighted by atomic mass is 9.81. The Bertz CT molecular complexity index is 376. The van der Waals surface area contributed by atoms with Crippen molar-refractivity contribution in [2.45, 2.75) is 63.6 Å². The number of piperidine rings is 2. The summed E-state index contributed by atoms with van der Waals surface area (Å²) in [6, 6.07) is 13.3. The fourth-order valence-electron chi connectivity index (χ4n) is 3.92. The molecule has 0 spiro atoms. The van der Waals surface area contributed by atoms with E-state index in [1.807, 2.05) is 0 Å². The van der Waals surface area contributed by atoms with Crippen LogP contribution in [-0.2, 0) is 0 Å². The summed E-state index contributed by atoms with van der Waals surface area (Å²) in [5.74, 6) is 0. The van der Waals surface area contributed by atoms with Gasteiger partial charge in [-0.3, -0.25) is 0 Å². The molecule has 2 bridgehead atoms. The van der Waals surface area contributed by atoms with E-state index in [1.165, 1.54) is 50.8 Å². The molecule has 0 aromatic heterocycles. The van der Waals surface area contributed by atoms with Gasteiger partial charge in [0, 0.05) is 23.8 Å². The van der Waals surface area contributed by atoms with Crippen molar-refractivity contribution in [2.75, 3.05) is 11.4 Å². The number of para-hydroxylation sites is 1. The SMILES string of the molecule is CCCNC1CC2CCCC(C1)N2c1ccccc1. The number of rotatable bonds is 4. The summed E-state index contributed by atoms with van der Waals surface area (Å²) >= 11 is 0. The summed E-state index contributed by atoms with van der Waals surface area (Å²) in [5, 5.41) is 3.75. The van der Waals surface area contributed by atoms with Crippen LogP contribution in [0.25, 0.3) is 0 Å². The van der Waals surface area contributed by atoms with E-state index in [0.717, 1.165) is 18.1 Å². The van der Waals surface area contributed by atoms with E-state index in [2.05, 4.69) is 47.5 Å². The Morgan fingerprint density at radius 3 is 2.42 bits per heavy atom. The van der Waals surface area contributed by atoms with Gasteiger partial charge in [-0.25, -0.2) is 0 Å². The van der Waals surface area contributed by atoms with Crippen LogP contribution >= 0.6 is 0 Å². The largest absolute Gasteiger partial charge is 0.365 e. The molecule has 0 radical (unpaired) electrons. The molecule has 104 valence electrons. The van der Waals surface area contributed by atoms with E-state index in [1.54, 1.807) is 0 Å². The first-order valence-corrected chi connectivity index (χ1v) is 7.95. The van der Waals surface area contributed by atoms with Crippen molar-refractivity contribution in [1.82, 2.24) is 5.32 Å². The average Bonchev–Trinajstić information content (AvgIpc) is 2.45. The van der Waals surface area contributed by atoms with Crippen LogP contribution in [-0.4, -0.2) is 24.7 Å². The summed E-state index contributed by atoms with van der Waals surface area (Å²) < 4.78 is 0. The highest BCUT2D eigenvalue weighted by Gasteiger charge is 2.37. The van der Waals surface area contributed by atoms with Gasteiger partial charge in [0.05, 0.1) is 0 Å². The standard InChI is InChI=1S/C17H26N2/c1-2-11-18-14-12-16-9-6-10-17(13-14)19(16)15-7-4-3-5-8-15/h3-5,7-8,14,16-18H,2,6,9-13H2,1H3. The maximum Gasteiger partial charge on any atom is 0.0371 e. The monoisotopic (exact) mass is 258 g/mol. The first kappa shape index (κ1) is 13.0. The molecule has 2 nitrogen and oxygen atoms in total. The fourth-order valence-corrected chi connectivity index (χ4v) is 3.92. The van der Waals surface area contributed by atoms with Gasteiger partial charge in [-0.15, -0.1) is 0 Å². The molecule has 1 aromatic carbocycles. The van der Waals surface area contributed by atoms with Gasteiger partial charge in [0.2, 0.25) is 0 Å². The molecule has 19 heavy (non-hydrogen) atoms. The first-order valence-electron chi connectivity index (χ1n) is 7.95. The van der Waals surface area contributed by atoms with Gasteiger partial charge in [0.1, 0.15) is 0 Å². The van der Waals surface area contributed by atoms with Crippen LogP contribution in [0.2, 0.25) is 0 Å². The van der Waals surface area contributed by atoms with E-state index < -0.39 is 0 Å². The third-order valence-corrected chi connectivity index (χ3v) is 4.71. The molecule has 2 atom stereocenters. The number of benzene rings is 1. The number of fused-ring (bicyclic) bond motifs is 2. The van der Waals surface area contributed by atoms with Crippen molar-refractivity contribution in [3.63, 3.8) is 0 Å². The Morgan fingerprint density at radius 1 is 1.11 bits per heavy atom. The van der Waals surface area contributed by atoms with Gasteiger partial charge in [-0.1, -0.05) is 25.1 Å². The Kier molecular flexibility index (Phi) is 4.07. The molecule has 2 aliphatic heterocycles. The van der Waals surface area contributed by atoms with Gasteiger partial charge >= 0.3 is 0 Å². The number of nitrogens with zero attached hydrogens (tertiary/aromatic N) is 1. The van der Waals surface area contributed by atoms with Crippen LogP contribution < -0.4 is 10.2 Å². The maximum atomic E-state index is 3.75. The lowest BCUT2D eigenvalue weighted by molar-refractivity contribution is 0.246. The quantitative estimate of drug-likeness (QED) is 0.888. The zero-order valence-electron chi connectivity index (χ0n) is 12.0. The van der Waals surface area contributed by atoms with E-state index in [0.29, 0.717) is 0 Å². The molecule has 2 fully saturated rings. The first-order chi connectivity index (χ1) is 9.38. The third-order valence-electron chi connectivity index (χ3n) is 4.71. The third kappa shape index (κ3) is 2.79. The Labute approximate surface area is 117 Å². The van der Waals surface area contributed by atoms with Crippen LogP contribution in [0.4, 0.5) is 5.69 Å². The zero-order chi connectivity index (χ0) is 13.1. The molecule has 2 unspecified atom stereocenters. The summed E-state index contributed by atoms with van der Waals surface area (Å²) in [6.07, 6.45) is 8.05. The molecular formula is C17H26N2. The van der Waals surface area contributed by atoms with Crippen LogP contribution in [0.1, 0.15) is 45.4 Å². The van der Waals surface area contributed by atoms with Crippen LogP contribution in [0.15, 0.2) is 30.3 Å². The van der Waals surface area contributed by atoms with Crippen molar-refractivity contribution in [3.05, 3.63) is 30.3 Å². The second-order valence-electron chi connectivity index (χ2n) is 6.10. The average molecular weight is 258 g/mol. The lowest BCUT2D eigenvalue weighted by Gasteiger charge is -2.50. The van der Waals surface area contributed by atoms with Crippen LogP contribution in [0.3, 0.4) is 0 Å². The van der Waals surface area contributed by atoms with Gasteiger partial charge < -0.3 is 10.2 Å². The molecule has 2 saturated heterocycles. The van der Waals surface area contributed by atoms with E-state index in [4.69, 9.17) is 0 Å². The Balaban J connectivity index is 1.73. The van der Waals surface area contributed by atoms with Crippen molar-refractivity contribution in [1.29, 1.82) is 0 Å². The molecule has 3 rings (SSSR count). The minimum Gasteiger partial charge on any atom is -0.365 e. The summed E-state index contributed by atoms with van der Waals surface area (Å²) in [5.41, 5.74) is 1.44. The molecule has 0 saturated carbocycles. The molecule has 2 aliphatic rings. The number of anilines is 1. The minimum atomic E-state index is 0.746. The normalized spacial score (nSPS) is 30.4. The van der Waals surface area contributed by atoms with Crippen molar-refractivity contribution >= 4 is 5.69 Å². The molecule has 2 heterocycles. The zero-order valence-corrected chi connectivity index (χ0v) is 12.0. The van der Waals surface area contributed by atoms with Gasteiger partial charge in [0.15, 0.2) is 0 Å². The Morgan fingerprint density at radius 2 is 1.79 bits per heavy atom. The molecule has 1 N–H and O–H groups in total. The summed E-state index contributed by atoms with van der Waals surface area (Å²) in [7, 11) is 0. The second kappa shape index (κ2) is 5.96. The van der Waals surface area contributed by atoms with Crippen LogP contribution in [0.5, 0.6) is 0 Å². The second-order valence-corrected chi connectivity index (χ2v) is 6.10. The molecule has 1 aromatic rings. The fraction of sp³-hybridized carbons (Fsp3) is 0.647. The number of hydrogen-bond acceptors (Lipinski definition) is 2. The highest BCUT2D eigenvalue weighted by atomic mass is 15.2. The Hall–Kier alpha value is -1.02. The van der Waals surface area contributed by atoms with Crippen molar-refractivity contribution in [2.24, 2.45) is 0 Å². The molecule has 2 heteroatoms. The highest BCUT2D eigenvalue weighted by molar-refractivity contribution is 5.49. The summed E-state index contributed by atoms with van der Waals surface area (Å²) in [6.45, 7) is 3.43. The molecule has 0 amide bonds. The lowest BCUT2D eigenvalue weighted by Crippen LogP contribution is -2.56. The van der Waals surface area contributed by atoms with E-state index >= 15 is 0 Å². The van der Waals surface area contributed by atoms with Gasteiger partial charge in [-0.05, 0) is 57.2 Å². The predicted octanol–water partition coefficient (Wildman–Crippen LogP) is 3.58. The number of nitrogens with one attached hydrogen (secondary N) is 1. The minimum absolute atomic E-state index is 0.746. The van der Waals surface area contributed by atoms with Crippen molar-refractivity contribution < 1.29 is 0 Å². The highest BCUT2D eigenvalue weighted by Crippen LogP contribution is 2.37. The molecular weight excluding hydrogens is 232 g/mol. The van der Waals surface area contributed by atoms with Crippen molar-refractivity contribution in [3.8, 4) is 0 Å².